The summed E-state index contributed by atoms with van der Waals surface area (Å²) < 4.78 is 0. The van der Waals surface area contributed by atoms with Crippen LogP contribution in [-0.2, 0) is 4.79 Å². The van der Waals surface area contributed by atoms with Crippen molar-refractivity contribution in [3.63, 3.8) is 0 Å². The third-order valence-electron chi connectivity index (χ3n) is 4.31. The van der Waals surface area contributed by atoms with Gasteiger partial charge in [0.05, 0.1) is 0 Å². The van der Waals surface area contributed by atoms with Gasteiger partial charge in [0.25, 0.3) is 0 Å². The summed E-state index contributed by atoms with van der Waals surface area (Å²) in [7, 11) is 0. The van der Waals surface area contributed by atoms with Gasteiger partial charge in [-0.25, -0.2) is 0 Å². The molecule has 0 N–H and O–H groups in total. The van der Waals surface area contributed by atoms with Crippen LogP contribution in [0.25, 0.3) is 0 Å². The van der Waals surface area contributed by atoms with Crippen LogP contribution >= 0.6 is 0 Å². The summed E-state index contributed by atoms with van der Waals surface area (Å²) >= 11 is 0. The average molecular weight is 237 g/mol. The molecule has 0 bridgehead atoms. The monoisotopic (exact) mass is 237 g/mol. The van der Waals surface area contributed by atoms with Gasteiger partial charge in [-0.1, -0.05) is 12.8 Å². The number of nitrogens with zero attached hydrogens (tertiary/aromatic N) is 1. The van der Waals surface area contributed by atoms with E-state index in [9.17, 15) is 4.79 Å². The van der Waals surface area contributed by atoms with Gasteiger partial charge < -0.3 is 0 Å². The topological polar surface area (TPSA) is 20.3 Å². The van der Waals surface area contributed by atoms with Crippen molar-refractivity contribution >= 4 is 5.78 Å². The largest absolute Gasteiger partial charge is 0.300 e. The van der Waals surface area contributed by atoms with Gasteiger partial charge in [0, 0.05) is 31.5 Å². The highest BCUT2D eigenvalue weighted by Gasteiger charge is 2.29. The van der Waals surface area contributed by atoms with Crippen molar-refractivity contribution in [3.8, 4) is 0 Å². The lowest BCUT2D eigenvalue weighted by Crippen LogP contribution is -2.39. The number of hydrogen-bond acceptors (Lipinski definition) is 2. The second kappa shape index (κ2) is 5.99. The summed E-state index contributed by atoms with van der Waals surface area (Å²) in [6.07, 6.45) is 8.41. The lowest BCUT2D eigenvalue weighted by molar-refractivity contribution is -0.123. The van der Waals surface area contributed by atoms with E-state index in [2.05, 4.69) is 18.7 Å². The summed E-state index contributed by atoms with van der Waals surface area (Å²) in [6.45, 7) is 6.78. The van der Waals surface area contributed by atoms with Crippen LogP contribution in [0.4, 0.5) is 0 Å². The molecule has 0 saturated heterocycles. The zero-order valence-electron chi connectivity index (χ0n) is 11.5. The fraction of sp³-hybridized carbons (Fsp3) is 0.933. The van der Waals surface area contributed by atoms with E-state index in [0.717, 1.165) is 31.7 Å². The minimum absolute atomic E-state index is 0.332. The Labute approximate surface area is 106 Å². The molecule has 2 aliphatic rings. The van der Waals surface area contributed by atoms with Crippen molar-refractivity contribution in [1.82, 2.24) is 4.90 Å². The molecule has 0 aromatic rings. The van der Waals surface area contributed by atoms with Crippen molar-refractivity contribution in [3.05, 3.63) is 0 Å². The summed E-state index contributed by atoms with van der Waals surface area (Å²) in [5.74, 6) is 1.79. The highest BCUT2D eigenvalue weighted by Crippen LogP contribution is 2.31. The van der Waals surface area contributed by atoms with Crippen molar-refractivity contribution in [2.45, 2.75) is 64.8 Å². The van der Waals surface area contributed by atoms with E-state index >= 15 is 0 Å². The second-order valence-corrected chi connectivity index (χ2v) is 6.25. The summed E-state index contributed by atoms with van der Waals surface area (Å²) in [5, 5.41) is 0. The molecule has 2 fully saturated rings. The summed E-state index contributed by atoms with van der Waals surface area (Å²) in [4.78, 5) is 14.6. The van der Waals surface area contributed by atoms with Gasteiger partial charge in [0.2, 0.25) is 0 Å². The fourth-order valence-corrected chi connectivity index (χ4v) is 2.84. The first-order chi connectivity index (χ1) is 8.16. The third kappa shape index (κ3) is 4.09. The van der Waals surface area contributed by atoms with E-state index in [1.807, 2.05) is 0 Å². The molecular formula is C15H27NO. The Hall–Kier alpha value is -0.370. The molecule has 0 spiro atoms. The number of rotatable bonds is 5. The number of ketones is 1. The zero-order valence-corrected chi connectivity index (χ0v) is 11.5. The van der Waals surface area contributed by atoms with Gasteiger partial charge in [-0.05, 0) is 45.4 Å². The molecule has 2 nitrogen and oxygen atoms in total. The SMILES string of the molecule is CC(C)N(CC1CC1)CC1CCCCCC1=O. The highest BCUT2D eigenvalue weighted by atomic mass is 16.1. The molecule has 1 atom stereocenters. The molecule has 2 heteroatoms. The molecule has 0 heterocycles. The number of carbonyl (C=O) groups excluding carboxylic acids is 1. The van der Waals surface area contributed by atoms with Gasteiger partial charge in [-0.15, -0.1) is 0 Å². The van der Waals surface area contributed by atoms with Crippen molar-refractivity contribution in [1.29, 1.82) is 0 Å². The van der Waals surface area contributed by atoms with Gasteiger partial charge in [0.1, 0.15) is 5.78 Å². The first-order valence-electron chi connectivity index (χ1n) is 7.43. The number of carbonyl (C=O) groups is 1. The van der Waals surface area contributed by atoms with E-state index in [-0.39, 0.29) is 0 Å². The molecule has 0 radical (unpaired) electrons. The van der Waals surface area contributed by atoms with Crippen LogP contribution in [-0.4, -0.2) is 29.8 Å². The highest BCUT2D eigenvalue weighted by molar-refractivity contribution is 5.81. The van der Waals surface area contributed by atoms with Crippen LogP contribution in [0.5, 0.6) is 0 Å². The molecular weight excluding hydrogens is 210 g/mol. The molecule has 0 aliphatic heterocycles. The van der Waals surface area contributed by atoms with Gasteiger partial charge >= 0.3 is 0 Å². The third-order valence-corrected chi connectivity index (χ3v) is 4.31. The molecule has 98 valence electrons. The quantitative estimate of drug-likeness (QED) is 0.684. The minimum Gasteiger partial charge on any atom is -0.300 e. The molecule has 2 rings (SSSR count). The van der Waals surface area contributed by atoms with Crippen LogP contribution in [0.15, 0.2) is 0 Å². The van der Waals surface area contributed by atoms with E-state index in [0.29, 0.717) is 17.7 Å². The fourth-order valence-electron chi connectivity index (χ4n) is 2.84. The van der Waals surface area contributed by atoms with Gasteiger partial charge in [0.15, 0.2) is 0 Å². The predicted molar refractivity (Wildman–Crippen MR) is 71.0 cm³/mol. The first-order valence-corrected chi connectivity index (χ1v) is 7.43. The van der Waals surface area contributed by atoms with Crippen molar-refractivity contribution in [2.24, 2.45) is 11.8 Å². The van der Waals surface area contributed by atoms with Crippen molar-refractivity contribution < 1.29 is 4.79 Å². The molecule has 0 amide bonds. The van der Waals surface area contributed by atoms with E-state index in [4.69, 9.17) is 0 Å². The molecule has 0 aromatic carbocycles. The maximum Gasteiger partial charge on any atom is 0.137 e. The summed E-state index contributed by atoms with van der Waals surface area (Å²) in [6, 6.07) is 0.589. The molecule has 2 saturated carbocycles. The van der Waals surface area contributed by atoms with Gasteiger partial charge in [-0.3, -0.25) is 9.69 Å². The Balaban J connectivity index is 1.87. The maximum absolute atomic E-state index is 12.0. The minimum atomic E-state index is 0.332. The Morgan fingerprint density at radius 3 is 2.53 bits per heavy atom. The Morgan fingerprint density at radius 2 is 1.88 bits per heavy atom. The van der Waals surface area contributed by atoms with Crippen LogP contribution in [0.1, 0.15) is 58.8 Å². The van der Waals surface area contributed by atoms with E-state index < -0.39 is 0 Å². The van der Waals surface area contributed by atoms with Crippen molar-refractivity contribution in [2.75, 3.05) is 13.1 Å². The van der Waals surface area contributed by atoms with Crippen LogP contribution < -0.4 is 0 Å². The molecule has 17 heavy (non-hydrogen) atoms. The Kier molecular flexibility index (Phi) is 4.61. The number of Topliss-reactive ketones (excluding diaryl/α,β-unsaturated/α-hetero) is 1. The normalized spacial score (nSPS) is 26.6. The van der Waals surface area contributed by atoms with E-state index in [1.165, 1.54) is 32.2 Å². The smallest absolute Gasteiger partial charge is 0.137 e. The standard InChI is InChI=1S/C15H27NO/c1-12(2)16(10-13-8-9-13)11-14-6-4-3-5-7-15(14)17/h12-14H,3-11H2,1-2H3. The van der Waals surface area contributed by atoms with E-state index in [1.54, 1.807) is 0 Å². The zero-order chi connectivity index (χ0) is 12.3. The van der Waals surface area contributed by atoms with Gasteiger partial charge in [-0.2, -0.15) is 0 Å². The first kappa shape index (κ1) is 13.1. The lowest BCUT2D eigenvalue weighted by atomic mass is 9.97. The van der Waals surface area contributed by atoms with Crippen LogP contribution in [0.3, 0.4) is 0 Å². The molecule has 0 aromatic heterocycles. The Morgan fingerprint density at radius 1 is 1.12 bits per heavy atom. The molecule has 1 unspecified atom stereocenters. The average Bonchev–Trinajstić information content (AvgIpc) is 3.08. The summed E-state index contributed by atoms with van der Waals surface area (Å²) in [5.41, 5.74) is 0. The predicted octanol–water partition coefficient (Wildman–Crippen LogP) is 3.26. The lowest BCUT2D eigenvalue weighted by Gasteiger charge is -2.29. The van der Waals surface area contributed by atoms with Crippen LogP contribution in [0.2, 0.25) is 0 Å². The molecule has 2 aliphatic carbocycles. The van der Waals surface area contributed by atoms with Crippen LogP contribution in [0, 0.1) is 11.8 Å². The number of hydrogen-bond donors (Lipinski definition) is 0. The second-order valence-electron chi connectivity index (χ2n) is 6.25. The maximum atomic E-state index is 12.0. The Bertz CT molecular complexity index is 258.